The van der Waals surface area contributed by atoms with Crippen LogP contribution in [0, 0.1) is 6.92 Å². The van der Waals surface area contributed by atoms with Crippen molar-refractivity contribution in [2.24, 2.45) is 0 Å². The molecule has 1 nitrogen and oxygen atoms in total. The van der Waals surface area contributed by atoms with E-state index in [1.807, 2.05) is 0 Å². The van der Waals surface area contributed by atoms with E-state index in [0.29, 0.717) is 6.61 Å². The fourth-order valence-electron chi connectivity index (χ4n) is 0.246. The summed E-state index contributed by atoms with van der Waals surface area (Å²) in [7, 11) is 0. The minimum atomic E-state index is 0.605. The molecular weight excluding hydrogens is 76.1 g/mol. The standard InChI is InChI=1S/C5H11O/c1-3-5-6-4-2/h2-5H2,1H3. The van der Waals surface area contributed by atoms with E-state index in [1.54, 1.807) is 0 Å². The van der Waals surface area contributed by atoms with Crippen LogP contribution in [0.1, 0.15) is 13.3 Å². The molecule has 0 rings (SSSR count). The van der Waals surface area contributed by atoms with Gasteiger partial charge in [0, 0.05) is 13.2 Å². The maximum Gasteiger partial charge on any atom is 0.0466 e. The highest BCUT2D eigenvalue weighted by Gasteiger charge is 1.72. The third-order valence-corrected chi connectivity index (χ3v) is 0.493. The van der Waals surface area contributed by atoms with Gasteiger partial charge in [-0.25, -0.2) is 0 Å². The van der Waals surface area contributed by atoms with Crippen molar-refractivity contribution in [2.75, 3.05) is 13.2 Å². The Balaban J connectivity index is 2.34. The Morgan fingerprint density at radius 1 is 1.67 bits per heavy atom. The summed E-state index contributed by atoms with van der Waals surface area (Å²) in [4.78, 5) is 0. The molecule has 0 N–H and O–H groups in total. The van der Waals surface area contributed by atoms with Crippen LogP contribution in [0.2, 0.25) is 0 Å². The van der Waals surface area contributed by atoms with Gasteiger partial charge in [0.15, 0.2) is 0 Å². The summed E-state index contributed by atoms with van der Waals surface area (Å²) in [5.41, 5.74) is 0. The van der Waals surface area contributed by atoms with Gasteiger partial charge < -0.3 is 4.74 Å². The van der Waals surface area contributed by atoms with Crippen LogP contribution in [0.15, 0.2) is 0 Å². The van der Waals surface area contributed by atoms with E-state index < -0.39 is 0 Å². The molecule has 0 spiro atoms. The molecule has 0 aromatic carbocycles. The summed E-state index contributed by atoms with van der Waals surface area (Å²) in [5.74, 6) is 0. The third kappa shape index (κ3) is 3.96. The van der Waals surface area contributed by atoms with Crippen LogP contribution in [-0.2, 0) is 4.74 Å². The molecule has 0 amide bonds. The molecule has 0 heterocycles. The Morgan fingerprint density at radius 2 is 2.33 bits per heavy atom. The molecule has 6 heavy (non-hydrogen) atoms. The fourth-order valence-corrected chi connectivity index (χ4v) is 0.246. The van der Waals surface area contributed by atoms with Crippen LogP contribution in [-0.4, -0.2) is 13.2 Å². The lowest BCUT2D eigenvalue weighted by Crippen LogP contribution is -1.89. The lowest BCUT2D eigenvalue weighted by atomic mass is 10.5. The molecule has 0 unspecified atom stereocenters. The van der Waals surface area contributed by atoms with Gasteiger partial charge in [0.2, 0.25) is 0 Å². The second-order valence-electron chi connectivity index (χ2n) is 1.11. The fraction of sp³-hybridized carbons (Fsp3) is 0.800. The van der Waals surface area contributed by atoms with E-state index in [1.165, 1.54) is 0 Å². The number of hydrogen-bond acceptors (Lipinski definition) is 1. The Hall–Kier alpha value is -0.0400. The molecule has 0 aliphatic carbocycles. The smallest absolute Gasteiger partial charge is 0.0466 e. The predicted molar refractivity (Wildman–Crippen MR) is 26.5 cm³/mol. The molecule has 0 atom stereocenters. The van der Waals surface area contributed by atoms with Crippen molar-refractivity contribution in [1.82, 2.24) is 0 Å². The van der Waals surface area contributed by atoms with Crippen LogP contribution >= 0.6 is 0 Å². The normalized spacial score (nSPS) is 9.00. The highest BCUT2D eigenvalue weighted by atomic mass is 16.5. The Kier molecular flexibility index (Phi) is 4.93. The molecule has 1 heteroatoms. The summed E-state index contributed by atoms with van der Waals surface area (Å²) >= 11 is 0. The van der Waals surface area contributed by atoms with E-state index in [0.717, 1.165) is 13.0 Å². The van der Waals surface area contributed by atoms with E-state index in [4.69, 9.17) is 4.74 Å². The Morgan fingerprint density at radius 3 is 2.50 bits per heavy atom. The minimum Gasteiger partial charge on any atom is -0.381 e. The van der Waals surface area contributed by atoms with Crippen molar-refractivity contribution in [3.8, 4) is 0 Å². The summed E-state index contributed by atoms with van der Waals surface area (Å²) in [6.45, 7) is 7.04. The Bertz CT molecular complexity index is 15.9. The van der Waals surface area contributed by atoms with E-state index >= 15 is 0 Å². The lowest BCUT2D eigenvalue weighted by molar-refractivity contribution is 0.161. The van der Waals surface area contributed by atoms with Gasteiger partial charge in [0.05, 0.1) is 0 Å². The SMILES string of the molecule is [CH2]COCCC. The molecule has 0 bridgehead atoms. The van der Waals surface area contributed by atoms with Crippen LogP contribution in [0.25, 0.3) is 0 Å². The van der Waals surface area contributed by atoms with Gasteiger partial charge in [-0.15, -0.1) is 0 Å². The minimum absolute atomic E-state index is 0.605. The van der Waals surface area contributed by atoms with Crippen LogP contribution in [0.3, 0.4) is 0 Å². The van der Waals surface area contributed by atoms with Crippen LogP contribution in [0.4, 0.5) is 0 Å². The summed E-state index contributed by atoms with van der Waals surface area (Å²) < 4.78 is 4.87. The van der Waals surface area contributed by atoms with Crippen molar-refractivity contribution < 1.29 is 4.74 Å². The first kappa shape index (κ1) is 5.96. The zero-order valence-electron chi connectivity index (χ0n) is 4.24. The quantitative estimate of drug-likeness (QED) is 0.471. The molecule has 37 valence electrons. The van der Waals surface area contributed by atoms with Gasteiger partial charge in [-0.05, 0) is 13.3 Å². The zero-order valence-corrected chi connectivity index (χ0v) is 4.24. The second-order valence-corrected chi connectivity index (χ2v) is 1.11. The molecule has 0 aliphatic rings. The Labute approximate surface area is 39.3 Å². The first-order valence-corrected chi connectivity index (χ1v) is 2.28. The maximum absolute atomic E-state index is 4.87. The average molecular weight is 87.1 g/mol. The second kappa shape index (κ2) is 4.96. The molecule has 0 saturated carbocycles. The number of rotatable bonds is 3. The van der Waals surface area contributed by atoms with Crippen LogP contribution in [0.5, 0.6) is 0 Å². The van der Waals surface area contributed by atoms with Gasteiger partial charge in [-0.1, -0.05) is 6.92 Å². The highest BCUT2D eigenvalue weighted by molar-refractivity contribution is 4.28. The summed E-state index contributed by atoms with van der Waals surface area (Å²) in [6.07, 6.45) is 1.09. The van der Waals surface area contributed by atoms with Gasteiger partial charge in [-0.3, -0.25) is 0 Å². The molecule has 0 fully saturated rings. The first-order valence-electron chi connectivity index (χ1n) is 2.28. The predicted octanol–water partition coefficient (Wildman–Crippen LogP) is 1.25. The third-order valence-electron chi connectivity index (χ3n) is 0.493. The van der Waals surface area contributed by atoms with E-state index in [9.17, 15) is 0 Å². The zero-order chi connectivity index (χ0) is 4.83. The molecular formula is C5H11O. The lowest BCUT2D eigenvalue weighted by Gasteiger charge is -1.91. The molecule has 0 saturated heterocycles. The summed E-state index contributed by atoms with van der Waals surface area (Å²) in [5, 5.41) is 0. The van der Waals surface area contributed by atoms with Gasteiger partial charge in [0.1, 0.15) is 0 Å². The highest BCUT2D eigenvalue weighted by Crippen LogP contribution is 1.75. The molecule has 1 radical (unpaired) electrons. The average Bonchev–Trinajstić information content (AvgIpc) is 1.61. The monoisotopic (exact) mass is 87.1 g/mol. The van der Waals surface area contributed by atoms with Crippen molar-refractivity contribution in [3.63, 3.8) is 0 Å². The van der Waals surface area contributed by atoms with Gasteiger partial charge >= 0.3 is 0 Å². The number of ether oxygens (including phenoxy) is 1. The largest absolute Gasteiger partial charge is 0.381 e. The molecule has 0 aromatic heterocycles. The number of hydrogen-bond donors (Lipinski definition) is 0. The maximum atomic E-state index is 4.87. The molecule has 0 aliphatic heterocycles. The van der Waals surface area contributed by atoms with Crippen molar-refractivity contribution in [1.29, 1.82) is 0 Å². The summed E-state index contributed by atoms with van der Waals surface area (Å²) in [6, 6.07) is 0. The topological polar surface area (TPSA) is 9.23 Å². The van der Waals surface area contributed by atoms with Crippen molar-refractivity contribution >= 4 is 0 Å². The van der Waals surface area contributed by atoms with E-state index in [2.05, 4.69) is 13.8 Å². The van der Waals surface area contributed by atoms with Gasteiger partial charge in [0.25, 0.3) is 0 Å². The first-order chi connectivity index (χ1) is 2.91. The van der Waals surface area contributed by atoms with Gasteiger partial charge in [-0.2, -0.15) is 0 Å². The molecule has 0 aromatic rings. The van der Waals surface area contributed by atoms with Crippen LogP contribution < -0.4 is 0 Å². The van der Waals surface area contributed by atoms with Crippen molar-refractivity contribution in [3.05, 3.63) is 6.92 Å². The van der Waals surface area contributed by atoms with E-state index in [-0.39, 0.29) is 0 Å². The van der Waals surface area contributed by atoms with Crippen molar-refractivity contribution in [2.45, 2.75) is 13.3 Å².